The van der Waals surface area contributed by atoms with Gasteiger partial charge in [0.25, 0.3) is 0 Å². The van der Waals surface area contributed by atoms with Gasteiger partial charge in [-0.3, -0.25) is 9.59 Å². The van der Waals surface area contributed by atoms with E-state index in [-0.39, 0.29) is 17.7 Å². The minimum atomic E-state index is -0.581. The first-order valence-electron chi connectivity index (χ1n) is 13.7. The van der Waals surface area contributed by atoms with Crippen LogP contribution in [0.5, 0.6) is 5.75 Å². The maximum atomic E-state index is 13.4. The maximum absolute atomic E-state index is 13.4. The molecule has 2 aromatic rings. The van der Waals surface area contributed by atoms with Crippen molar-refractivity contribution in [3.05, 3.63) is 53.1 Å². The molecule has 4 N–H and O–H groups in total. The van der Waals surface area contributed by atoms with E-state index in [0.717, 1.165) is 59.6 Å². The lowest BCUT2D eigenvalue weighted by Crippen LogP contribution is -2.45. The summed E-state index contributed by atoms with van der Waals surface area (Å²) in [4.78, 5) is 27.0. The number of amides is 1. The molecule has 3 rings (SSSR count). The van der Waals surface area contributed by atoms with Crippen molar-refractivity contribution in [3.8, 4) is 5.75 Å². The third-order valence-corrected chi connectivity index (χ3v) is 7.90. The van der Waals surface area contributed by atoms with Gasteiger partial charge in [-0.25, -0.2) is 8.78 Å². The van der Waals surface area contributed by atoms with Crippen molar-refractivity contribution in [2.24, 2.45) is 0 Å². The van der Waals surface area contributed by atoms with Crippen LogP contribution in [0, 0.1) is 11.6 Å². The fourth-order valence-corrected chi connectivity index (χ4v) is 5.88. The second-order valence-corrected chi connectivity index (χ2v) is 10.7. The van der Waals surface area contributed by atoms with Gasteiger partial charge in [-0.2, -0.15) is 0 Å². The highest BCUT2D eigenvalue weighted by atomic mass is 32.2. The average Bonchev–Trinajstić information content (AvgIpc) is 2.91. The Balaban J connectivity index is 1.45. The largest absolute Gasteiger partial charge is 0.506 e. The molecule has 0 saturated heterocycles. The highest BCUT2D eigenvalue weighted by Crippen LogP contribution is 2.36. The molecule has 1 saturated carbocycles. The number of carbonyl (C=O) groups excluding carboxylic acids is 2. The SMILES string of the molecule is CNc1c(O)ccc(CCNCCN(C(=O)CCNCCc2cc(F)cc(F)c2)C2CCCCC2)c1SC=O. The first-order chi connectivity index (χ1) is 18.9. The molecule has 1 amide bonds. The minimum Gasteiger partial charge on any atom is -0.506 e. The highest BCUT2D eigenvalue weighted by Gasteiger charge is 2.24. The van der Waals surface area contributed by atoms with Crippen LogP contribution in [-0.2, 0) is 22.4 Å². The van der Waals surface area contributed by atoms with Crippen LogP contribution < -0.4 is 16.0 Å². The summed E-state index contributed by atoms with van der Waals surface area (Å²) in [6.07, 6.45) is 7.08. The summed E-state index contributed by atoms with van der Waals surface area (Å²) >= 11 is 1.05. The minimum absolute atomic E-state index is 0.109. The zero-order valence-electron chi connectivity index (χ0n) is 22.6. The van der Waals surface area contributed by atoms with Crippen LogP contribution in [0.2, 0.25) is 0 Å². The van der Waals surface area contributed by atoms with Crippen molar-refractivity contribution in [1.29, 1.82) is 0 Å². The number of carbonyl (C=O) groups is 2. The number of phenols is 1. The number of nitrogens with zero attached hydrogens (tertiary/aromatic N) is 1. The Morgan fingerprint density at radius 1 is 1.03 bits per heavy atom. The van der Waals surface area contributed by atoms with Crippen LogP contribution in [0.3, 0.4) is 0 Å². The van der Waals surface area contributed by atoms with E-state index in [1.54, 1.807) is 13.1 Å². The van der Waals surface area contributed by atoms with Gasteiger partial charge in [0.05, 0.1) is 5.69 Å². The number of aromatic hydroxyl groups is 1. The fourth-order valence-electron chi connectivity index (χ4n) is 5.14. The summed E-state index contributed by atoms with van der Waals surface area (Å²) in [6, 6.07) is 7.24. The van der Waals surface area contributed by atoms with Crippen LogP contribution in [0.4, 0.5) is 14.5 Å². The lowest BCUT2D eigenvalue weighted by atomic mass is 9.94. The van der Waals surface area contributed by atoms with Crippen molar-refractivity contribution in [3.63, 3.8) is 0 Å². The molecular weight excluding hydrogens is 522 g/mol. The Bertz CT molecular complexity index is 1060. The van der Waals surface area contributed by atoms with Crippen LogP contribution >= 0.6 is 11.8 Å². The molecule has 39 heavy (non-hydrogen) atoms. The number of rotatable bonds is 16. The van der Waals surface area contributed by atoms with E-state index in [9.17, 15) is 23.5 Å². The maximum Gasteiger partial charge on any atom is 0.224 e. The van der Waals surface area contributed by atoms with E-state index in [1.165, 1.54) is 18.6 Å². The summed E-state index contributed by atoms with van der Waals surface area (Å²) in [6.45, 7) is 3.01. The fraction of sp³-hybridized carbons (Fsp3) is 0.517. The molecule has 0 unspecified atom stereocenters. The van der Waals surface area contributed by atoms with Crippen molar-refractivity contribution in [2.75, 3.05) is 45.1 Å². The van der Waals surface area contributed by atoms with Crippen LogP contribution in [0.1, 0.15) is 49.7 Å². The topological polar surface area (TPSA) is 93.7 Å². The molecule has 0 radical (unpaired) electrons. The Labute approximate surface area is 234 Å². The molecule has 7 nitrogen and oxygen atoms in total. The summed E-state index contributed by atoms with van der Waals surface area (Å²) in [7, 11) is 1.71. The van der Waals surface area contributed by atoms with Crippen molar-refractivity contribution in [2.45, 2.75) is 62.3 Å². The van der Waals surface area contributed by atoms with E-state index in [1.807, 2.05) is 11.0 Å². The summed E-state index contributed by atoms with van der Waals surface area (Å²) in [5, 5.41) is 19.7. The predicted molar refractivity (Wildman–Crippen MR) is 153 cm³/mol. The Hall–Kier alpha value is -2.69. The molecule has 0 bridgehead atoms. The van der Waals surface area contributed by atoms with E-state index < -0.39 is 11.6 Å². The highest BCUT2D eigenvalue weighted by molar-refractivity contribution is 8.12. The van der Waals surface area contributed by atoms with E-state index in [0.29, 0.717) is 63.2 Å². The molecule has 10 heteroatoms. The number of anilines is 1. The first-order valence-corrected chi connectivity index (χ1v) is 14.6. The Morgan fingerprint density at radius 3 is 2.41 bits per heavy atom. The number of benzene rings is 2. The van der Waals surface area contributed by atoms with Gasteiger partial charge in [-0.1, -0.05) is 37.1 Å². The van der Waals surface area contributed by atoms with Gasteiger partial charge in [0.1, 0.15) is 17.4 Å². The zero-order valence-corrected chi connectivity index (χ0v) is 23.4. The Kier molecular flexibility index (Phi) is 13.0. The van der Waals surface area contributed by atoms with Crippen LogP contribution in [0.15, 0.2) is 35.2 Å². The second kappa shape index (κ2) is 16.4. The van der Waals surface area contributed by atoms with E-state index in [2.05, 4.69) is 16.0 Å². The normalized spacial score (nSPS) is 13.8. The molecular formula is C29H40F2N4O3S. The molecule has 1 aliphatic carbocycles. The first kappa shape index (κ1) is 30.8. The van der Waals surface area contributed by atoms with Gasteiger partial charge in [0, 0.05) is 50.1 Å². The van der Waals surface area contributed by atoms with E-state index >= 15 is 0 Å². The van der Waals surface area contributed by atoms with Crippen LogP contribution in [0.25, 0.3) is 0 Å². The lowest BCUT2D eigenvalue weighted by Gasteiger charge is -2.34. The molecule has 0 spiro atoms. The quantitative estimate of drug-likeness (QED) is 0.104. The molecule has 0 aliphatic heterocycles. The van der Waals surface area contributed by atoms with Crippen molar-refractivity contribution >= 4 is 29.0 Å². The number of nitrogens with one attached hydrogen (secondary N) is 3. The van der Waals surface area contributed by atoms with E-state index in [4.69, 9.17) is 0 Å². The summed E-state index contributed by atoms with van der Waals surface area (Å²) in [5.74, 6) is -0.932. The number of halogens is 2. The van der Waals surface area contributed by atoms with Gasteiger partial charge in [-0.05, 0) is 68.1 Å². The van der Waals surface area contributed by atoms with Crippen molar-refractivity contribution < 1.29 is 23.5 Å². The number of phenolic OH excluding ortho intramolecular Hbond substituents is 1. The number of thioether (sulfide) groups is 1. The third-order valence-electron chi connectivity index (χ3n) is 7.10. The molecule has 1 aliphatic rings. The zero-order chi connectivity index (χ0) is 28.0. The van der Waals surface area contributed by atoms with Gasteiger partial charge < -0.3 is 26.0 Å². The van der Waals surface area contributed by atoms with Crippen molar-refractivity contribution in [1.82, 2.24) is 15.5 Å². The van der Waals surface area contributed by atoms with Crippen LogP contribution in [-0.4, -0.2) is 67.3 Å². The number of hydrogen-bond acceptors (Lipinski definition) is 7. The number of hydrogen-bond donors (Lipinski definition) is 4. The molecule has 214 valence electrons. The smallest absolute Gasteiger partial charge is 0.224 e. The predicted octanol–water partition coefficient (Wildman–Crippen LogP) is 4.51. The average molecular weight is 563 g/mol. The lowest BCUT2D eigenvalue weighted by molar-refractivity contribution is -0.134. The second-order valence-electron chi connectivity index (χ2n) is 9.82. The van der Waals surface area contributed by atoms with Gasteiger partial charge in [0.2, 0.25) is 5.91 Å². The molecule has 2 aromatic carbocycles. The van der Waals surface area contributed by atoms with Gasteiger partial charge in [0.15, 0.2) is 5.62 Å². The van der Waals surface area contributed by atoms with Gasteiger partial charge in [-0.15, -0.1) is 0 Å². The summed E-state index contributed by atoms with van der Waals surface area (Å²) < 4.78 is 26.7. The Morgan fingerprint density at radius 2 is 1.72 bits per heavy atom. The van der Waals surface area contributed by atoms with Gasteiger partial charge >= 0.3 is 0 Å². The molecule has 0 heterocycles. The molecule has 0 atom stereocenters. The molecule has 0 aromatic heterocycles. The molecule has 1 fully saturated rings. The summed E-state index contributed by atoms with van der Waals surface area (Å²) in [5.41, 5.74) is 2.87. The third kappa shape index (κ3) is 9.77. The monoisotopic (exact) mass is 562 g/mol. The standard InChI is InChI=1S/C29H40F2N4O3S/c1-32-28-26(37)8-7-22(29(28)39-20-36)10-13-34-15-16-35(25-5-3-2-4-6-25)27(38)11-14-33-12-9-21-17-23(30)19-24(31)18-21/h7-8,17-20,25,32-34,37H,2-6,9-16H2,1H3.